The van der Waals surface area contributed by atoms with Crippen LogP contribution >= 0.6 is 0 Å². The number of carboxylic acid groups (broad SMARTS) is 1. The quantitative estimate of drug-likeness (QED) is 0.746. The lowest BCUT2D eigenvalue weighted by molar-refractivity contribution is -0.137. The first-order valence-electron chi connectivity index (χ1n) is 5.84. The summed E-state index contributed by atoms with van der Waals surface area (Å²) in [6.07, 6.45) is 0.703. The zero-order chi connectivity index (χ0) is 13.1. The summed E-state index contributed by atoms with van der Waals surface area (Å²) in [7, 11) is -3.21. The molecular weight excluding hydrogens is 236 g/mol. The maximum Gasteiger partial charge on any atom is 0.303 e. The lowest BCUT2D eigenvalue weighted by atomic mass is 10.2. The number of aliphatic carboxylic acids is 1. The second-order valence-electron chi connectivity index (χ2n) is 6.53. The minimum absolute atomic E-state index is 0.0551. The molecule has 0 aromatic rings. The molecule has 3 nitrogen and oxygen atoms in total. The van der Waals surface area contributed by atoms with Crippen LogP contribution in [0.4, 0.5) is 0 Å². The van der Waals surface area contributed by atoms with Crippen molar-refractivity contribution in [1.29, 1.82) is 0 Å². The van der Waals surface area contributed by atoms with E-state index in [2.05, 4.69) is 39.3 Å². The van der Waals surface area contributed by atoms with Gasteiger partial charge >= 0.3 is 5.97 Å². The number of carbonyl (C=O) groups is 1. The first kappa shape index (κ1) is 15.9. The van der Waals surface area contributed by atoms with Crippen LogP contribution in [0.25, 0.3) is 0 Å². The Morgan fingerprint density at radius 2 is 1.62 bits per heavy atom. The molecule has 0 aliphatic rings. The molecule has 0 aliphatic heterocycles. The topological polar surface area (TPSA) is 46.5 Å². The molecule has 5 heteroatoms. The Morgan fingerprint density at radius 3 is 1.88 bits per heavy atom. The molecule has 0 radical (unpaired) electrons. The van der Waals surface area contributed by atoms with Crippen molar-refractivity contribution in [3.8, 4) is 0 Å². The Morgan fingerprint density at radius 1 is 1.19 bits per heavy atom. The first-order valence-corrected chi connectivity index (χ1v) is 12.8. The normalized spacial score (nSPS) is 16.9. The summed E-state index contributed by atoms with van der Waals surface area (Å²) in [6.45, 7) is 14.7. The van der Waals surface area contributed by atoms with Crippen molar-refractivity contribution in [3.05, 3.63) is 0 Å². The summed E-state index contributed by atoms with van der Waals surface area (Å²) in [5.74, 6) is -0.662. The molecule has 1 N–H and O–H groups in total. The van der Waals surface area contributed by atoms with E-state index in [9.17, 15) is 9.90 Å². The van der Waals surface area contributed by atoms with E-state index < -0.39 is 22.4 Å². The smallest absolute Gasteiger partial charge is 0.303 e. The highest BCUT2D eigenvalue weighted by Crippen LogP contribution is 2.28. The van der Waals surface area contributed by atoms with Crippen LogP contribution in [0.5, 0.6) is 0 Å². The fraction of sp³-hybridized carbons (Fsp3) is 0.909. The summed E-state index contributed by atoms with van der Waals surface area (Å²) in [4.78, 5) is 11.2. The molecule has 0 aromatic heterocycles. The van der Waals surface area contributed by atoms with Gasteiger partial charge in [-0.25, -0.2) is 0 Å². The average molecular weight is 262 g/mol. The lowest BCUT2D eigenvalue weighted by Crippen LogP contribution is -2.38. The Hall–Kier alpha value is -0.136. The van der Waals surface area contributed by atoms with E-state index in [0.717, 1.165) is 0 Å². The van der Waals surface area contributed by atoms with Crippen LogP contribution in [0.1, 0.15) is 13.3 Å². The van der Waals surface area contributed by atoms with Crippen molar-refractivity contribution in [1.82, 2.24) is 0 Å². The first-order chi connectivity index (χ1) is 6.93. The highest BCUT2D eigenvalue weighted by atomic mass is 28.4. The van der Waals surface area contributed by atoms with Crippen LogP contribution < -0.4 is 0 Å². The lowest BCUT2D eigenvalue weighted by Gasteiger charge is -2.30. The molecule has 0 heterocycles. The maximum atomic E-state index is 11.2. The van der Waals surface area contributed by atoms with Crippen molar-refractivity contribution in [3.63, 3.8) is 0 Å². The number of hydrogen-bond acceptors (Lipinski definition) is 2. The molecule has 0 saturated heterocycles. The van der Waals surface area contributed by atoms with Crippen molar-refractivity contribution >= 4 is 22.4 Å². The predicted molar refractivity (Wildman–Crippen MR) is 73.2 cm³/mol. The van der Waals surface area contributed by atoms with Crippen molar-refractivity contribution < 1.29 is 14.3 Å². The number of rotatable bonds is 6. The molecule has 0 amide bonds. The van der Waals surface area contributed by atoms with E-state index in [0.29, 0.717) is 6.42 Å². The van der Waals surface area contributed by atoms with Gasteiger partial charge in [0.1, 0.15) is 0 Å². The minimum Gasteiger partial charge on any atom is -0.481 e. The molecule has 16 heavy (non-hydrogen) atoms. The molecule has 0 bridgehead atoms. The number of hydrogen-bond donors (Lipinski definition) is 1. The van der Waals surface area contributed by atoms with Crippen LogP contribution in [-0.2, 0) is 9.22 Å². The highest BCUT2D eigenvalue weighted by molar-refractivity contribution is 6.80. The van der Waals surface area contributed by atoms with Crippen LogP contribution in [0.15, 0.2) is 0 Å². The largest absolute Gasteiger partial charge is 0.481 e. The monoisotopic (exact) mass is 262 g/mol. The van der Waals surface area contributed by atoms with Gasteiger partial charge in [0.25, 0.3) is 0 Å². The van der Waals surface area contributed by atoms with Gasteiger partial charge in [-0.3, -0.25) is 4.79 Å². The molecule has 2 atom stereocenters. The van der Waals surface area contributed by atoms with E-state index in [1.54, 1.807) is 0 Å². The molecular formula is C11H26O3Si2. The molecule has 0 spiro atoms. The van der Waals surface area contributed by atoms with Crippen LogP contribution in [0.3, 0.4) is 0 Å². The molecule has 2 unspecified atom stereocenters. The van der Waals surface area contributed by atoms with Gasteiger partial charge in [-0.05, 0) is 33.0 Å². The summed E-state index contributed by atoms with van der Waals surface area (Å²) >= 11 is 0. The third-order valence-corrected chi connectivity index (χ3v) is 6.15. The van der Waals surface area contributed by atoms with Gasteiger partial charge in [0.2, 0.25) is 0 Å². The van der Waals surface area contributed by atoms with Gasteiger partial charge in [-0.2, -0.15) is 0 Å². The Balaban J connectivity index is 4.49. The second-order valence-corrected chi connectivity index (χ2v) is 16.4. The summed E-state index contributed by atoms with van der Waals surface area (Å²) in [5, 5.41) is 9.25. The van der Waals surface area contributed by atoms with Crippen LogP contribution in [0, 0.1) is 0 Å². The third-order valence-electron chi connectivity index (χ3n) is 2.47. The Kier molecular flexibility index (Phi) is 5.42. The molecule has 0 aliphatic carbocycles. The Labute approximate surface area is 101 Å². The zero-order valence-electron chi connectivity index (χ0n) is 11.6. The van der Waals surface area contributed by atoms with E-state index in [-0.39, 0.29) is 11.6 Å². The van der Waals surface area contributed by atoms with Gasteiger partial charge < -0.3 is 9.53 Å². The standard InChI is InChI=1S/C11H26O3Si2/c1-9(14-16(5,6)7)8-10(11(12)13)15(2,3)4/h9-10H,8H2,1-7H3,(H,12,13). The predicted octanol–water partition coefficient (Wildman–Crippen LogP) is 3.41. The average Bonchev–Trinajstić information content (AvgIpc) is 1.93. The van der Waals surface area contributed by atoms with Crippen LogP contribution in [-0.4, -0.2) is 33.6 Å². The SMILES string of the molecule is CC(CC(C(=O)O)[Si](C)(C)C)O[Si](C)(C)C. The fourth-order valence-electron chi connectivity index (χ4n) is 1.81. The fourth-order valence-corrected chi connectivity index (χ4v) is 4.89. The molecule has 0 rings (SSSR count). The maximum absolute atomic E-state index is 11.2. The molecule has 0 fully saturated rings. The van der Waals surface area contributed by atoms with Gasteiger partial charge in [-0.1, -0.05) is 19.6 Å². The minimum atomic E-state index is -1.65. The van der Waals surface area contributed by atoms with E-state index in [1.807, 2.05) is 6.92 Å². The summed E-state index contributed by atoms with van der Waals surface area (Å²) in [5.41, 5.74) is -0.209. The van der Waals surface area contributed by atoms with E-state index in [1.165, 1.54) is 0 Å². The second kappa shape index (κ2) is 5.47. The molecule has 96 valence electrons. The van der Waals surface area contributed by atoms with Crippen LogP contribution in [0.2, 0.25) is 44.8 Å². The van der Waals surface area contributed by atoms with Crippen molar-refractivity contribution in [2.45, 2.75) is 64.3 Å². The van der Waals surface area contributed by atoms with Crippen molar-refractivity contribution in [2.75, 3.05) is 0 Å². The summed E-state index contributed by atoms with van der Waals surface area (Å²) in [6, 6.07) is 0. The van der Waals surface area contributed by atoms with Gasteiger partial charge in [0.05, 0.1) is 13.6 Å². The van der Waals surface area contributed by atoms with E-state index in [4.69, 9.17) is 4.43 Å². The molecule has 0 aromatic carbocycles. The highest BCUT2D eigenvalue weighted by Gasteiger charge is 2.35. The van der Waals surface area contributed by atoms with Crippen molar-refractivity contribution in [2.24, 2.45) is 0 Å². The summed E-state index contributed by atoms with van der Waals surface area (Å²) < 4.78 is 5.91. The van der Waals surface area contributed by atoms with Gasteiger partial charge in [0, 0.05) is 6.10 Å². The van der Waals surface area contributed by atoms with Gasteiger partial charge in [0.15, 0.2) is 8.32 Å². The van der Waals surface area contributed by atoms with Gasteiger partial charge in [-0.15, -0.1) is 0 Å². The Bertz CT molecular complexity index is 241. The molecule has 0 saturated carbocycles. The zero-order valence-corrected chi connectivity index (χ0v) is 13.6. The van der Waals surface area contributed by atoms with E-state index >= 15 is 0 Å². The number of carboxylic acids is 1. The third kappa shape index (κ3) is 6.45.